The average molecular weight is 374 g/mol. The average Bonchev–Trinajstić information content (AvgIpc) is 3.05. The summed E-state index contributed by atoms with van der Waals surface area (Å²) in [6.07, 6.45) is 3.12. The van der Waals surface area contributed by atoms with Crippen molar-refractivity contribution in [2.45, 2.75) is 38.8 Å². The lowest BCUT2D eigenvalue weighted by Gasteiger charge is -2.42. The van der Waals surface area contributed by atoms with Crippen molar-refractivity contribution in [1.29, 1.82) is 0 Å². The summed E-state index contributed by atoms with van der Waals surface area (Å²) in [5.41, 5.74) is 1.73. The van der Waals surface area contributed by atoms with Crippen molar-refractivity contribution < 1.29 is 19.1 Å². The number of rotatable bonds is 7. The molecule has 8 heteroatoms. The summed E-state index contributed by atoms with van der Waals surface area (Å²) in [5.74, 6) is -1.42. The lowest BCUT2D eigenvalue weighted by molar-refractivity contribution is -0.139. The summed E-state index contributed by atoms with van der Waals surface area (Å²) in [6, 6.07) is 6.21. The highest BCUT2D eigenvalue weighted by Gasteiger charge is 2.35. The molecular weight excluding hydrogens is 351 g/mol. The third-order valence-corrected chi connectivity index (χ3v) is 4.94. The Morgan fingerprint density at radius 3 is 2.74 bits per heavy atom. The first-order valence-electron chi connectivity index (χ1n) is 8.96. The second kappa shape index (κ2) is 7.87. The molecule has 27 heavy (non-hydrogen) atoms. The molecular formula is C19H23FN4O3. The van der Waals surface area contributed by atoms with Gasteiger partial charge in [0.25, 0.3) is 5.91 Å². The molecule has 1 saturated carbocycles. The maximum atomic E-state index is 13.2. The molecule has 2 N–H and O–H groups in total. The van der Waals surface area contributed by atoms with E-state index in [-0.39, 0.29) is 30.4 Å². The van der Waals surface area contributed by atoms with E-state index in [1.165, 1.54) is 12.1 Å². The van der Waals surface area contributed by atoms with E-state index >= 15 is 0 Å². The maximum absolute atomic E-state index is 13.2. The van der Waals surface area contributed by atoms with Crippen LogP contribution in [0.3, 0.4) is 0 Å². The van der Waals surface area contributed by atoms with E-state index in [1.807, 2.05) is 11.8 Å². The van der Waals surface area contributed by atoms with Crippen LogP contribution < -0.4 is 5.32 Å². The Bertz CT molecular complexity index is 845. The Balaban J connectivity index is 1.57. The fourth-order valence-electron chi connectivity index (χ4n) is 3.39. The molecule has 1 amide bonds. The number of benzene rings is 1. The van der Waals surface area contributed by atoms with Crippen LogP contribution in [-0.4, -0.2) is 56.8 Å². The van der Waals surface area contributed by atoms with Gasteiger partial charge in [-0.3, -0.25) is 14.5 Å². The van der Waals surface area contributed by atoms with Crippen molar-refractivity contribution in [3.05, 3.63) is 47.5 Å². The molecule has 0 radical (unpaired) electrons. The van der Waals surface area contributed by atoms with E-state index in [1.54, 1.807) is 29.9 Å². The molecule has 0 aliphatic heterocycles. The molecule has 7 nitrogen and oxygen atoms in total. The Morgan fingerprint density at radius 2 is 2.11 bits per heavy atom. The number of carbonyl (C=O) groups is 2. The molecule has 0 unspecified atom stereocenters. The molecule has 0 spiro atoms. The summed E-state index contributed by atoms with van der Waals surface area (Å²) >= 11 is 0. The number of amides is 1. The Kier molecular flexibility index (Phi) is 5.55. The number of halogens is 1. The van der Waals surface area contributed by atoms with Crippen LogP contribution in [0.5, 0.6) is 0 Å². The number of carboxylic acids is 1. The molecule has 0 bridgehead atoms. The zero-order valence-electron chi connectivity index (χ0n) is 15.4. The van der Waals surface area contributed by atoms with Gasteiger partial charge in [-0.05, 0) is 56.1 Å². The quantitative estimate of drug-likeness (QED) is 0.774. The lowest BCUT2D eigenvalue weighted by Crippen LogP contribution is -2.54. The van der Waals surface area contributed by atoms with Gasteiger partial charge in [0.15, 0.2) is 5.69 Å². The van der Waals surface area contributed by atoms with Gasteiger partial charge in [0.2, 0.25) is 0 Å². The highest BCUT2D eigenvalue weighted by Crippen LogP contribution is 2.26. The molecule has 0 saturated heterocycles. The number of carbonyl (C=O) groups excluding carboxylic acids is 1. The first kappa shape index (κ1) is 19.0. The maximum Gasteiger partial charge on any atom is 0.317 e. The van der Waals surface area contributed by atoms with E-state index in [9.17, 15) is 14.0 Å². The summed E-state index contributed by atoms with van der Waals surface area (Å²) in [6.45, 7) is 4.40. The fraction of sp³-hybridized carbons (Fsp3) is 0.421. The molecule has 1 aromatic carbocycles. The van der Waals surface area contributed by atoms with Crippen LogP contribution in [0.4, 0.5) is 4.39 Å². The molecule has 1 fully saturated rings. The van der Waals surface area contributed by atoms with E-state index in [4.69, 9.17) is 5.11 Å². The monoisotopic (exact) mass is 374 g/mol. The number of aryl methyl sites for hydroxylation is 1. The van der Waals surface area contributed by atoms with Gasteiger partial charge in [0, 0.05) is 18.3 Å². The largest absolute Gasteiger partial charge is 0.480 e. The summed E-state index contributed by atoms with van der Waals surface area (Å²) < 4.78 is 14.8. The van der Waals surface area contributed by atoms with Crippen LogP contribution in [0.2, 0.25) is 0 Å². The molecule has 1 aromatic heterocycles. The van der Waals surface area contributed by atoms with Gasteiger partial charge >= 0.3 is 5.97 Å². The van der Waals surface area contributed by atoms with Crippen molar-refractivity contribution in [1.82, 2.24) is 20.0 Å². The smallest absolute Gasteiger partial charge is 0.317 e. The van der Waals surface area contributed by atoms with Crippen molar-refractivity contribution in [2.24, 2.45) is 0 Å². The number of aliphatic carboxylic acids is 1. The zero-order chi connectivity index (χ0) is 19.6. The predicted octanol–water partition coefficient (Wildman–Crippen LogP) is 1.99. The highest BCUT2D eigenvalue weighted by atomic mass is 19.1. The van der Waals surface area contributed by atoms with Crippen molar-refractivity contribution >= 4 is 11.9 Å². The molecule has 1 heterocycles. The number of nitrogens with zero attached hydrogens (tertiary/aromatic N) is 3. The van der Waals surface area contributed by atoms with Crippen LogP contribution in [0.25, 0.3) is 5.69 Å². The van der Waals surface area contributed by atoms with Crippen LogP contribution in [-0.2, 0) is 4.79 Å². The van der Waals surface area contributed by atoms with Crippen LogP contribution in [0.1, 0.15) is 35.8 Å². The topological polar surface area (TPSA) is 87.5 Å². The number of hydrogen-bond acceptors (Lipinski definition) is 4. The Morgan fingerprint density at radius 1 is 1.37 bits per heavy atom. The SMILES string of the molecule is CCN(CC(=O)O)C1CC(NC(=O)c2ccn(-c3ccc(F)cc3C)n2)C1. The minimum absolute atomic E-state index is 0.0167. The van der Waals surface area contributed by atoms with Gasteiger partial charge < -0.3 is 10.4 Å². The van der Waals surface area contributed by atoms with Crippen molar-refractivity contribution in [3.8, 4) is 5.69 Å². The van der Waals surface area contributed by atoms with Gasteiger partial charge in [-0.25, -0.2) is 9.07 Å². The normalized spacial score (nSPS) is 19.0. The first-order valence-corrected chi connectivity index (χ1v) is 8.96. The second-order valence-electron chi connectivity index (χ2n) is 6.83. The highest BCUT2D eigenvalue weighted by molar-refractivity contribution is 5.92. The van der Waals surface area contributed by atoms with Gasteiger partial charge in [-0.15, -0.1) is 0 Å². The van der Waals surface area contributed by atoms with Gasteiger partial charge in [-0.1, -0.05) is 6.92 Å². The van der Waals surface area contributed by atoms with Crippen LogP contribution in [0, 0.1) is 12.7 Å². The second-order valence-corrected chi connectivity index (χ2v) is 6.83. The minimum atomic E-state index is -0.842. The van der Waals surface area contributed by atoms with Gasteiger partial charge in [0.1, 0.15) is 5.82 Å². The number of likely N-dealkylation sites (N-methyl/N-ethyl adjacent to an activating group) is 1. The number of nitrogens with one attached hydrogen (secondary N) is 1. The first-order chi connectivity index (χ1) is 12.9. The van der Waals surface area contributed by atoms with Crippen LogP contribution in [0.15, 0.2) is 30.5 Å². The molecule has 3 rings (SSSR count). The number of hydrogen-bond donors (Lipinski definition) is 2. The Labute approximate surface area is 156 Å². The van der Waals surface area contributed by atoms with E-state index < -0.39 is 5.97 Å². The number of carboxylic acid groups (broad SMARTS) is 1. The van der Waals surface area contributed by atoms with Crippen LogP contribution >= 0.6 is 0 Å². The third-order valence-electron chi connectivity index (χ3n) is 4.94. The lowest BCUT2D eigenvalue weighted by atomic mass is 9.85. The summed E-state index contributed by atoms with van der Waals surface area (Å²) in [7, 11) is 0. The van der Waals surface area contributed by atoms with E-state index in [2.05, 4.69) is 10.4 Å². The molecule has 2 aromatic rings. The molecule has 1 aliphatic rings. The zero-order valence-corrected chi connectivity index (χ0v) is 15.4. The van der Waals surface area contributed by atoms with E-state index in [0.29, 0.717) is 17.9 Å². The minimum Gasteiger partial charge on any atom is -0.480 e. The summed E-state index contributed by atoms with van der Waals surface area (Å²) in [4.78, 5) is 25.2. The standard InChI is InChI=1S/C19H23FN4O3/c1-3-23(11-18(25)26)15-9-14(10-15)21-19(27)16-6-7-24(22-16)17-5-4-13(20)8-12(17)2/h4-8,14-15H,3,9-11H2,1-2H3,(H,21,27)(H,25,26). The van der Waals surface area contributed by atoms with E-state index in [0.717, 1.165) is 18.4 Å². The Hall–Kier alpha value is -2.74. The fourth-order valence-corrected chi connectivity index (χ4v) is 3.39. The van der Waals surface area contributed by atoms with Gasteiger partial charge in [0.05, 0.1) is 12.2 Å². The number of aromatic nitrogens is 2. The van der Waals surface area contributed by atoms with Crippen molar-refractivity contribution in [3.63, 3.8) is 0 Å². The molecule has 144 valence electrons. The molecule has 0 atom stereocenters. The molecule has 1 aliphatic carbocycles. The summed E-state index contributed by atoms with van der Waals surface area (Å²) in [5, 5.41) is 16.2. The predicted molar refractivity (Wildman–Crippen MR) is 97.4 cm³/mol. The van der Waals surface area contributed by atoms with Gasteiger partial charge in [-0.2, -0.15) is 5.10 Å². The third kappa shape index (κ3) is 4.33. The van der Waals surface area contributed by atoms with Crippen molar-refractivity contribution in [2.75, 3.05) is 13.1 Å².